The molecule has 2 aromatic heterocycles. The van der Waals surface area contributed by atoms with Gasteiger partial charge in [-0.3, -0.25) is 4.79 Å². The first-order valence-corrected chi connectivity index (χ1v) is 8.22. The van der Waals surface area contributed by atoms with Crippen LogP contribution in [-0.4, -0.2) is 20.4 Å². The SMILES string of the molecule is CCc1ncc(CNC(=O)C2CCCc3c2ncn3C)s1. The average molecular weight is 304 g/mol. The molecule has 0 aliphatic heterocycles. The number of imidazole rings is 1. The lowest BCUT2D eigenvalue weighted by Crippen LogP contribution is -2.31. The molecule has 0 radical (unpaired) electrons. The molecule has 0 fully saturated rings. The van der Waals surface area contributed by atoms with Crippen molar-refractivity contribution in [1.29, 1.82) is 0 Å². The Hall–Kier alpha value is -1.69. The van der Waals surface area contributed by atoms with Crippen LogP contribution in [0.3, 0.4) is 0 Å². The molecule has 0 saturated heterocycles. The van der Waals surface area contributed by atoms with Gasteiger partial charge in [0, 0.05) is 23.8 Å². The Kier molecular flexibility index (Phi) is 4.05. The summed E-state index contributed by atoms with van der Waals surface area (Å²) in [6, 6.07) is 0. The van der Waals surface area contributed by atoms with Gasteiger partial charge in [0.1, 0.15) is 0 Å². The van der Waals surface area contributed by atoms with E-state index >= 15 is 0 Å². The zero-order valence-electron chi connectivity index (χ0n) is 12.4. The molecule has 5 nitrogen and oxygen atoms in total. The number of rotatable bonds is 4. The summed E-state index contributed by atoms with van der Waals surface area (Å²) in [7, 11) is 2.00. The van der Waals surface area contributed by atoms with E-state index in [-0.39, 0.29) is 11.8 Å². The average Bonchev–Trinajstić information content (AvgIpc) is 3.12. The highest BCUT2D eigenvalue weighted by Crippen LogP contribution is 2.30. The van der Waals surface area contributed by atoms with Gasteiger partial charge in [-0.1, -0.05) is 6.92 Å². The number of carbonyl (C=O) groups excluding carboxylic acids is 1. The summed E-state index contributed by atoms with van der Waals surface area (Å²) in [5.74, 6) is -0.0189. The molecule has 0 saturated carbocycles. The van der Waals surface area contributed by atoms with E-state index in [4.69, 9.17) is 0 Å². The Morgan fingerprint density at radius 1 is 1.52 bits per heavy atom. The first-order chi connectivity index (χ1) is 10.2. The molecule has 2 aromatic rings. The Bertz CT molecular complexity index is 646. The number of aryl methyl sites for hydroxylation is 2. The molecule has 21 heavy (non-hydrogen) atoms. The van der Waals surface area contributed by atoms with Crippen molar-refractivity contribution in [3.63, 3.8) is 0 Å². The van der Waals surface area contributed by atoms with Gasteiger partial charge in [0.2, 0.25) is 5.91 Å². The summed E-state index contributed by atoms with van der Waals surface area (Å²) in [5, 5.41) is 4.15. The van der Waals surface area contributed by atoms with Crippen molar-refractivity contribution < 1.29 is 4.79 Å². The zero-order valence-corrected chi connectivity index (χ0v) is 13.2. The predicted molar refractivity (Wildman–Crippen MR) is 82.2 cm³/mol. The van der Waals surface area contributed by atoms with Crippen LogP contribution in [0.1, 0.15) is 47.0 Å². The summed E-state index contributed by atoms with van der Waals surface area (Å²) >= 11 is 1.67. The lowest BCUT2D eigenvalue weighted by atomic mass is 9.89. The molecular weight excluding hydrogens is 284 g/mol. The summed E-state index contributed by atoms with van der Waals surface area (Å²) < 4.78 is 2.03. The minimum absolute atomic E-state index is 0.0844. The van der Waals surface area contributed by atoms with Crippen LogP contribution >= 0.6 is 11.3 Å². The smallest absolute Gasteiger partial charge is 0.229 e. The number of thiazole rings is 1. The van der Waals surface area contributed by atoms with Crippen LogP contribution in [0.2, 0.25) is 0 Å². The topological polar surface area (TPSA) is 59.8 Å². The summed E-state index contributed by atoms with van der Waals surface area (Å²) in [6.45, 7) is 2.65. The first-order valence-electron chi connectivity index (χ1n) is 7.40. The zero-order chi connectivity index (χ0) is 14.8. The van der Waals surface area contributed by atoms with Gasteiger partial charge >= 0.3 is 0 Å². The van der Waals surface area contributed by atoms with Crippen molar-refractivity contribution in [2.24, 2.45) is 7.05 Å². The van der Waals surface area contributed by atoms with Crippen LogP contribution in [-0.2, 0) is 31.2 Å². The van der Waals surface area contributed by atoms with E-state index in [2.05, 4.69) is 22.2 Å². The number of nitrogens with zero attached hydrogens (tertiary/aromatic N) is 3. The Morgan fingerprint density at radius 3 is 3.14 bits per heavy atom. The highest BCUT2D eigenvalue weighted by atomic mass is 32.1. The van der Waals surface area contributed by atoms with E-state index < -0.39 is 0 Å². The largest absolute Gasteiger partial charge is 0.351 e. The van der Waals surface area contributed by atoms with E-state index in [1.54, 1.807) is 11.3 Å². The van der Waals surface area contributed by atoms with E-state index in [1.165, 1.54) is 5.69 Å². The molecule has 0 bridgehead atoms. The quantitative estimate of drug-likeness (QED) is 0.942. The summed E-state index contributed by atoms with van der Waals surface area (Å²) in [5.41, 5.74) is 2.16. The van der Waals surface area contributed by atoms with Gasteiger partial charge in [-0.25, -0.2) is 9.97 Å². The molecule has 1 aliphatic rings. The third-order valence-electron chi connectivity index (χ3n) is 3.99. The number of fused-ring (bicyclic) bond motifs is 1. The van der Waals surface area contributed by atoms with Gasteiger partial charge in [-0.15, -0.1) is 11.3 Å². The molecule has 1 amide bonds. The number of amides is 1. The third-order valence-corrected chi connectivity index (χ3v) is 5.13. The van der Waals surface area contributed by atoms with Crippen molar-refractivity contribution in [3.8, 4) is 0 Å². The van der Waals surface area contributed by atoms with Crippen molar-refractivity contribution >= 4 is 17.2 Å². The first kappa shape index (κ1) is 14.3. The second-order valence-electron chi connectivity index (χ2n) is 5.42. The lowest BCUT2D eigenvalue weighted by Gasteiger charge is -2.21. The standard InChI is InChI=1S/C15H20N4OS/c1-3-13-16-7-10(21-13)8-17-15(20)11-5-4-6-12-14(11)18-9-19(12)2/h7,9,11H,3-6,8H2,1-2H3,(H,17,20). The Morgan fingerprint density at radius 2 is 2.38 bits per heavy atom. The number of hydrogen-bond donors (Lipinski definition) is 1. The maximum Gasteiger partial charge on any atom is 0.229 e. The van der Waals surface area contributed by atoms with Crippen LogP contribution in [0, 0.1) is 0 Å². The fourth-order valence-electron chi connectivity index (χ4n) is 2.83. The monoisotopic (exact) mass is 304 g/mol. The maximum absolute atomic E-state index is 12.4. The third kappa shape index (κ3) is 2.85. The molecular formula is C15H20N4OS. The minimum atomic E-state index is -0.103. The van der Waals surface area contributed by atoms with Gasteiger partial charge < -0.3 is 9.88 Å². The number of hydrogen-bond acceptors (Lipinski definition) is 4. The van der Waals surface area contributed by atoms with E-state index in [9.17, 15) is 4.79 Å². The van der Waals surface area contributed by atoms with Crippen LogP contribution in [0.25, 0.3) is 0 Å². The van der Waals surface area contributed by atoms with Crippen LogP contribution in [0.5, 0.6) is 0 Å². The van der Waals surface area contributed by atoms with Gasteiger partial charge in [0.05, 0.1) is 29.5 Å². The fourth-order valence-corrected chi connectivity index (χ4v) is 3.63. The van der Waals surface area contributed by atoms with Gasteiger partial charge in [0.15, 0.2) is 0 Å². The normalized spacial score (nSPS) is 17.5. The van der Waals surface area contributed by atoms with Gasteiger partial charge in [0.25, 0.3) is 0 Å². The molecule has 1 unspecified atom stereocenters. The Balaban J connectivity index is 1.66. The molecule has 2 heterocycles. The molecule has 0 spiro atoms. The van der Waals surface area contributed by atoms with E-state index in [1.807, 2.05) is 24.1 Å². The molecule has 6 heteroatoms. The predicted octanol–water partition coefficient (Wildman–Crippen LogP) is 2.18. The second kappa shape index (κ2) is 5.97. The molecule has 0 aromatic carbocycles. The molecule has 3 rings (SSSR count). The molecule has 1 aliphatic carbocycles. The fraction of sp³-hybridized carbons (Fsp3) is 0.533. The summed E-state index contributed by atoms with van der Waals surface area (Å²) in [4.78, 5) is 22.3. The maximum atomic E-state index is 12.4. The van der Waals surface area contributed by atoms with Crippen molar-refractivity contribution in [1.82, 2.24) is 19.9 Å². The number of aromatic nitrogens is 3. The number of carbonyl (C=O) groups is 1. The van der Waals surface area contributed by atoms with E-state index in [0.717, 1.165) is 41.3 Å². The highest BCUT2D eigenvalue weighted by molar-refractivity contribution is 7.11. The highest BCUT2D eigenvalue weighted by Gasteiger charge is 2.29. The number of nitrogens with one attached hydrogen (secondary N) is 1. The molecule has 1 N–H and O–H groups in total. The van der Waals surface area contributed by atoms with Crippen LogP contribution < -0.4 is 5.32 Å². The molecule has 1 atom stereocenters. The lowest BCUT2D eigenvalue weighted by molar-refractivity contribution is -0.123. The van der Waals surface area contributed by atoms with E-state index in [0.29, 0.717) is 6.54 Å². The second-order valence-corrected chi connectivity index (χ2v) is 6.62. The van der Waals surface area contributed by atoms with Crippen molar-refractivity contribution in [2.45, 2.75) is 45.1 Å². The Labute approximate surface area is 128 Å². The minimum Gasteiger partial charge on any atom is -0.351 e. The van der Waals surface area contributed by atoms with Gasteiger partial charge in [-0.05, 0) is 25.7 Å². The summed E-state index contributed by atoms with van der Waals surface area (Å²) in [6.07, 6.45) is 7.57. The van der Waals surface area contributed by atoms with Crippen molar-refractivity contribution in [2.75, 3.05) is 0 Å². The van der Waals surface area contributed by atoms with Gasteiger partial charge in [-0.2, -0.15) is 0 Å². The van der Waals surface area contributed by atoms with Crippen LogP contribution in [0.4, 0.5) is 0 Å². The molecule has 112 valence electrons. The van der Waals surface area contributed by atoms with Crippen LogP contribution in [0.15, 0.2) is 12.5 Å². The van der Waals surface area contributed by atoms with Crippen molar-refractivity contribution in [3.05, 3.63) is 33.8 Å².